The molecule has 7 heteroatoms. The minimum Gasteiger partial charge on any atom is -0.467 e. The monoisotopic (exact) mass is 511 g/mol. The first-order chi connectivity index (χ1) is 17.8. The van der Waals surface area contributed by atoms with Gasteiger partial charge >= 0.3 is 5.97 Å². The summed E-state index contributed by atoms with van der Waals surface area (Å²) >= 11 is 0. The first-order valence-electron chi connectivity index (χ1n) is 14.1. The van der Waals surface area contributed by atoms with E-state index in [9.17, 15) is 14.4 Å². The number of carbonyl (C=O) groups is 3. The molecule has 7 nitrogen and oxygen atoms in total. The average Bonchev–Trinajstić information content (AvgIpc) is 3.31. The molecule has 3 N–H and O–H groups in total. The lowest BCUT2D eigenvalue weighted by atomic mass is 9.79. The molecule has 204 valence electrons. The molecule has 2 amide bonds. The fraction of sp³-hybridized carbons (Fsp3) is 0.633. The van der Waals surface area contributed by atoms with Crippen LogP contribution in [0.4, 0.5) is 0 Å². The lowest BCUT2D eigenvalue weighted by molar-refractivity contribution is -0.146. The number of esters is 1. The van der Waals surface area contributed by atoms with E-state index in [1.54, 1.807) is 0 Å². The first-order valence-corrected chi connectivity index (χ1v) is 14.1. The third kappa shape index (κ3) is 8.08. The number of carbonyl (C=O) groups excluding carboxylic acids is 3. The molecule has 1 aliphatic carbocycles. The third-order valence-corrected chi connectivity index (χ3v) is 7.83. The highest BCUT2D eigenvalue weighted by atomic mass is 16.5. The largest absolute Gasteiger partial charge is 0.467 e. The molecule has 1 saturated carbocycles. The maximum Gasteiger partial charge on any atom is 0.328 e. The molecule has 0 radical (unpaired) electrons. The Labute approximate surface area is 221 Å². The van der Waals surface area contributed by atoms with Gasteiger partial charge in [-0.25, -0.2) is 4.79 Å². The normalized spacial score (nSPS) is 19.4. The molecule has 0 unspecified atom stereocenters. The number of amides is 2. The Balaban J connectivity index is 1.68. The molecular formula is C30H45N3O4. The summed E-state index contributed by atoms with van der Waals surface area (Å²) in [5, 5.41) is 6.91. The van der Waals surface area contributed by atoms with Crippen LogP contribution in [0.3, 0.4) is 0 Å². The van der Waals surface area contributed by atoms with Gasteiger partial charge in [-0.3, -0.25) is 9.59 Å². The van der Waals surface area contributed by atoms with E-state index in [-0.39, 0.29) is 23.7 Å². The van der Waals surface area contributed by atoms with Crippen molar-refractivity contribution >= 4 is 28.7 Å². The van der Waals surface area contributed by atoms with Gasteiger partial charge in [0, 0.05) is 29.4 Å². The Bertz CT molecular complexity index is 1020. The minimum absolute atomic E-state index is 0.0661. The van der Waals surface area contributed by atoms with Gasteiger partial charge < -0.3 is 20.4 Å². The molecule has 1 aromatic carbocycles. The minimum atomic E-state index is -0.788. The van der Waals surface area contributed by atoms with Crippen molar-refractivity contribution < 1.29 is 19.1 Å². The van der Waals surface area contributed by atoms with E-state index in [0.29, 0.717) is 12.3 Å². The summed E-state index contributed by atoms with van der Waals surface area (Å²) < 4.78 is 4.90. The van der Waals surface area contributed by atoms with Crippen LogP contribution >= 0.6 is 0 Å². The van der Waals surface area contributed by atoms with Gasteiger partial charge in [-0.05, 0) is 49.1 Å². The maximum atomic E-state index is 13.4. The summed E-state index contributed by atoms with van der Waals surface area (Å²) in [6.45, 7) is 5.94. The molecule has 3 rings (SSSR count). The molecule has 0 spiro atoms. The SMILES string of the molecule is CCCCCCC1CCC(C(=O)N[C@H](Cc2c[nH]c3ccccc23)C(=O)N[C@H](C(=O)OC)C(C)C)CC1. The van der Waals surface area contributed by atoms with Crippen LogP contribution in [0, 0.1) is 17.8 Å². The molecule has 0 bridgehead atoms. The van der Waals surface area contributed by atoms with E-state index < -0.39 is 18.1 Å². The van der Waals surface area contributed by atoms with Crippen molar-refractivity contribution in [3.05, 3.63) is 36.0 Å². The fourth-order valence-electron chi connectivity index (χ4n) is 5.47. The van der Waals surface area contributed by atoms with Crippen LogP contribution in [0.25, 0.3) is 10.9 Å². The van der Waals surface area contributed by atoms with E-state index in [2.05, 4.69) is 22.5 Å². The highest BCUT2D eigenvalue weighted by Gasteiger charge is 2.32. The van der Waals surface area contributed by atoms with Crippen LogP contribution < -0.4 is 10.6 Å². The van der Waals surface area contributed by atoms with Gasteiger partial charge in [-0.15, -0.1) is 0 Å². The topological polar surface area (TPSA) is 100 Å². The highest BCUT2D eigenvalue weighted by molar-refractivity contribution is 5.92. The number of aromatic nitrogens is 1. The van der Waals surface area contributed by atoms with Crippen molar-refractivity contribution in [2.24, 2.45) is 17.8 Å². The van der Waals surface area contributed by atoms with Crippen molar-refractivity contribution in [2.45, 2.75) is 97.1 Å². The molecule has 0 aliphatic heterocycles. The van der Waals surface area contributed by atoms with Gasteiger partial charge in [-0.2, -0.15) is 0 Å². The number of benzene rings is 1. The lowest BCUT2D eigenvalue weighted by Gasteiger charge is -2.30. The zero-order valence-corrected chi connectivity index (χ0v) is 23.0. The second kappa shape index (κ2) is 14.2. The second-order valence-corrected chi connectivity index (χ2v) is 10.9. The summed E-state index contributed by atoms with van der Waals surface area (Å²) in [6, 6.07) is 6.34. The Hall–Kier alpha value is -2.83. The van der Waals surface area contributed by atoms with E-state index in [4.69, 9.17) is 4.74 Å². The number of methoxy groups -OCH3 is 1. The molecule has 1 heterocycles. The highest BCUT2D eigenvalue weighted by Crippen LogP contribution is 2.32. The number of H-pyrrole nitrogens is 1. The van der Waals surface area contributed by atoms with Crippen LogP contribution in [0.15, 0.2) is 30.5 Å². The number of hydrogen-bond donors (Lipinski definition) is 3. The summed E-state index contributed by atoms with van der Waals surface area (Å²) in [7, 11) is 1.31. The summed E-state index contributed by atoms with van der Waals surface area (Å²) in [4.78, 5) is 42.3. The smallest absolute Gasteiger partial charge is 0.328 e. The average molecular weight is 512 g/mol. The standard InChI is InChI=1S/C30H45N3O4/c1-5-6-7-8-11-21-14-16-22(17-15-21)28(34)32-26(29(35)33-27(20(2)3)30(36)37-4)18-23-19-31-25-13-10-9-12-24(23)25/h9-10,12-13,19-22,26-27,31H,5-8,11,14-18H2,1-4H3,(H,32,34)(H,33,35)/t21?,22?,26-,27+/m1/s1. The first kappa shape index (κ1) is 28.7. The van der Waals surface area contributed by atoms with E-state index in [1.807, 2.05) is 44.3 Å². The van der Waals surface area contributed by atoms with E-state index in [1.165, 1.54) is 39.2 Å². The zero-order valence-electron chi connectivity index (χ0n) is 23.0. The van der Waals surface area contributed by atoms with Crippen LogP contribution in [0.2, 0.25) is 0 Å². The van der Waals surface area contributed by atoms with Crippen LogP contribution in [-0.2, 0) is 25.5 Å². The predicted molar refractivity (Wildman–Crippen MR) is 147 cm³/mol. The van der Waals surface area contributed by atoms with Crippen molar-refractivity contribution in [2.75, 3.05) is 7.11 Å². The Morgan fingerprint density at radius 1 is 1.03 bits per heavy atom. The maximum absolute atomic E-state index is 13.4. The second-order valence-electron chi connectivity index (χ2n) is 10.9. The Morgan fingerprint density at radius 3 is 2.43 bits per heavy atom. The number of nitrogens with one attached hydrogen (secondary N) is 3. The molecule has 37 heavy (non-hydrogen) atoms. The van der Waals surface area contributed by atoms with Gasteiger partial charge in [0.1, 0.15) is 12.1 Å². The van der Waals surface area contributed by atoms with Gasteiger partial charge in [0.2, 0.25) is 11.8 Å². The number of ether oxygens (including phenoxy) is 1. The number of para-hydroxylation sites is 1. The van der Waals surface area contributed by atoms with E-state index in [0.717, 1.165) is 42.1 Å². The molecule has 1 fully saturated rings. The predicted octanol–water partition coefficient (Wildman–Crippen LogP) is 5.29. The van der Waals surface area contributed by atoms with Crippen molar-refractivity contribution in [3.63, 3.8) is 0 Å². The van der Waals surface area contributed by atoms with Crippen LogP contribution in [0.5, 0.6) is 0 Å². The number of hydrogen-bond acceptors (Lipinski definition) is 4. The third-order valence-electron chi connectivity index (χ3n) is 7.83. The quantitative estimate of drug-likeness (QED) is 0.251. The van der Waals surface area contributed by atoms with Gasteiger partial charge in [0.25, 0.3) is 0 Å². The Kier molecular flexibility index (Phi) is 11.0. The molecule has 1 aromatic heterocycles. The van der Waals surface area contributed by atoms with Gasteiger partial charge in [0.05, 0.1) is 7.11 Å². The van der Waals surface area contributed by atoms with Gasteiger partial charge in [-0.1, -0.05) is 71.1 Å². The van der Waals surface area contributed by atoms with Crippen LogP contribution in [0.1, 0.15) is 84.1 Å². The molecular weight excluding hydrogens is 466 g/mol. The molecule has 2 atom stereocenters. The molecule has 0 saturated heterocycles. The van der Waals surface area contributed by atoms with Crippen molar-refractivity contribution in [1.82, 2.24) is 15.6 Å². The number of aromatic amines is 1. The zero-order chi connectivity index (χ0) is 26.8. The molecule has 1 aliphatic rings. The summed E-state index contributed by atoms with van der Waals surface area (Å²) in [5.41, 5.74) is 1.93. The van der Waals surface area contributed by atoms with E-state index >= 15 is 0 Å². The number of rotatable bonds is 13. The Morgan fingerprint density at radius 2 is 1.76 bits per heavy atom. The van der Waals surface area contributed by atoms with Gasteiger partial charge in [0.15, 0.2) is 0 Å². The number of fused-ring (bicyclic) bond motifs is 1. The number of unbranched alkanes of at least 4 members (excludes halogenated alkanes) is 3. The molecule has 2 aromatic rings. The lowest BCUT2D eigenvalue weighted by Crippen LogP contribution is -2.55. The fourth-order valence-corrected chi connectivity index (χ4v) is 5.47. The van der Waals surface area contributed by atoms with Crippen LogP contribution in [-0.4, -0.2) is 42.0 Å². The van der Waals surface area contributed by atoms with Crippen molar-refractivity contribution in [3.8, 4) is 0 Å². The summed E-state index contributed by atoms with van der Waals surface area (Å²) in [5.74, 6) is -0.438. The van der Waals surface area contributed by atoms with Crippen molar-refractivity contribution in [1.29, 1.82) is 0 Å². The summed E-state index contributed by atoms with van der Waals surface area (Å²) in [6.07, 6.45) is 12.5.